The van der Waals surface area contributed by atoms with Crippen LogP contribution >= 0.6 is 0 Å². The Labute approximate surface area is 98.0 Å². The maximum Gasteiger partial charge on any atom is 0.410 e. The van der Waals surface area contributed by atoms with E-state index in [0.29, 0.717) is 0 Å². The monoisotopic (exact) mass is 229 g/mol. The second-order valence-electron chi connectivity index (χ2n) is 5.10. The maximum absolute atomic E-state index is 11.7. The van der Waals surface area contributed by atoms with Gasteiger partial charge in [-0.25, -0.2) is 4.79 Å². The van der Waals surface area contributed by atoms with Crippen LogP contribution in [0, 0.1) is 5.92 Å². The molecule has 4 heteroatoms. The summed E-state index contributed by atoms with van der Waals surface area (Å²) in [6.45, 7) is 9.34. The van der Waals surface area contributed by atoms with E-state index in [-0.39, 0.29) is 5.92 Å². The van der Waals surface area contributed by atoms with Gasteiger partial charge in [0.05, 0.1) is 6.04 Å². The molecule has 0 rings (SSSR count). The van der Waals surface area contributed by atoms with Gasteiger partial charge >= 0.3 is 6.09 Å². The third-order valence-corrected chi connectivity index (χ3v) is 2.50. The molecular weight excluding hydrogens is 206 g/mol. The van der Waals surface area contributed by atoms with Gasteiger partial charge in [-0.05, 0) is 26.7 Å². The van der Waals surface area contributed by atoms with Gasteiger partial charge in [-0.15, -0.1) is 0 Å². The molecular formula is C12H23NO3. The summed E-state index contributed by atoms with van der Waals surface area (Å²) in [6.07, 6.45) is 1.19. The molecule has 16 heavy (non-hydrogen) atoms. The lowest BCUT2D eigenvalue weighted by Gasteiger charge is -2.30. The van der Waals surface area contributed by atoms with Crippen LogP contribution in [-0.4, -0.2) is 36.0 Å². The minimum Gasteiger partial charge on any atom is -0.444 e. The molecule has 94 valence electrons. The van der Waals surface area contributed by atoms with Crippen LogP contribution in [-0.2, 0) is 9.53 Å². The molecule has 0 aromatic rings. The van der Waals surface area contributed by atoms with E-state index in [9.17, 15) is 9.59 Å². The molecule has 0 aromatic heterocycles. The van der Waals surface area contributed by atoms with Crippen LogP contribution in [0.3, 0.4) is 0 Å². The highest BCUT2D eigenvalue weighted by Crippen LogP contribution is 2.15. The van der Waals surface area contributed by atoms with E-state index < -0.39 is 17.7 Å². The molecule has 0 aliphatic rings. The second kappa shape index (κ2) is 5.87. The minimum absolute atomic E-state index is 0.134. The van der Waals surface area contributed by atoms with Crippen LogP contribution in [0.15, 0.2) is 0 Å². The van der Waals surface area contributed by atoms with E-state index in [1.54, 1.807) is 27.8 Å². The van der Waals surface area contributed by atoms with Crippen molar-refractivity contribution in [2.24, 2.45) is 5.92 Å². The largest absolute Gasteiger partial charge is 0.444 e. The van der Waals surface area contributed by atoms with Gasteiger partial charge in [-0.2, -0.15) is 0 Å². The molecule has 0 spiro atoms. The highest BCUT2D eigenvalue weighted by atomic mass is 16.6. The van der Waals surface area contributed by atoms with E-state index in [1.165, 1.54) is 4.90 Å². The molecule has 0 N–H and O–H groups in total. The first-order valence-corrected chi connectivity index (χ1v) is 5.64. The van der Waals surface area contributed by atoms with Crippen molar-refractivity contribution >= 4 is 12.4 Å². The number of rotatable bonds is 4. The number of hydrogen-bond acceptors (Lipinski definition) is 3. The quantitative estimate of drug-likeness (QED) is 0.696. The zero-order valence-electron chi connectivity index (χ0n) is 11.1. The lowest BCUT2D eigenvalue weighted by Crippen LogP contribution is -2.44. The van der Waals surface area contributed by atoms with Gasteiger partial charge in [0.25, 0.3) is 0 Å². The topological polar surface area (TPSA) is 46.6 Å². The molecule has 0 fully saturated rings. The molecule has 0 saturated carbocycles. The Morgan fingerprint density at radius 3 is 2.25 bits per heavy atom. The predicted molar refractivity (Wildman–Crippen MR) is 63.3 cm³/mol. The van der Waals surface area contributed by atoms with Gasteiger partial charge in [-0.3, -0.25) is 0 Å². The smallest absolute Gasteiger partial charge is 0.410 e. The van der Waals surface area contributed by atoms with E-state index in [0.717, 1.165) is 12.7 Å². The van der Waals surface area contributed by atoms with Crippen LogP contribution < -0.4 is 0 Å². The molecule has 0 aliphatic heterocycles. The molecule has 0 heterocycles. The number of hydrogen-bond donors (Lipinski definition) is 0. The summed E-state index contributed by atoms with van der Waals surface area (Å²) < 4.78 is 5.21. The Hall–Kier alpha value is -1.06. The van der Waals surface area contributed by atoms with E-state index in [4.69, 9.17) is 4.74 Å². The number of aldehydes is 1. The minimum atomic E-state index is -0.534. The van der Waals surface area contributed by atoms with Crippen molar-refractivity contribution in [3.05, 3.63) is 0 Å². The van der Waals surface area contributed by atoms with Crippen molar-refractivity contribution in [3.63, 3.8) is 0 Å². The van der Waals surface area contributed by atoms with Crippen LogP contribution in [0.4, 0.5) is 4.79 Å². The van der Waals surface area contributed by atoms with Crippen molar-refractivity contribution in [1.82, 2.24) is 4.90 Å². The predicted octanol–water partition coefficient (Wildman–Crippen LogP) is 2.47. The number of nitrogens with zero attached hydrogens (tertiary/aromatic N) is 1. The van der Waals surface area contributed by atoms with E-state index >= 15 is 0 Å². The second-order valence-corrected chi connectivity index (χ2v) is 5.10. The van der Waals surface area contributed by atoms with Crippen LogP contribution in [0.1, 0.15) is 41.0 Å². The first-order valence-electron chi connectivity index (χ1n) is 5.64. The molecule has 0 aromatic carbocycles. The Balaban J connectivity index is 4.57. The Morgan fingerprint density at radius 1 is 1.44 bits per heavy atom. The van der Waals surface area contributed by atoms with E-state index in [2.05, 4.69) is 0 Å². The molecule has 0 aliphatic carbocycles. The summed E-state index contributed by atoms with van der Waals surface area (Å²) in [7, 11) is 1.60. The van der Waals surface area contributed by atoms with Crippen molar-refractivity contribution in [2.75, 3.05) is 7.05 Å². The average molecular weight is 229 g/mol. The molecule has 2 atom stereocenters. The average Bonchev–Trinajstić information content (AvgIpc) is 2.15. The van der Waals surface area contributed by atoms with Gasteiger partial charge in [0.1, 0.15) is 11.9 Å². The standard InChI is InChI=1S/C12H23NO3/c1-7-9(2)10(8-14)13(6)11(15)16-12(3,4)5/h8-10H,7H2,1-6H3/t9-,10+/m0/s1. The van der Waals surface area contributed by atoms with Gasteiger partial charge < -0.3 is 14.4 Å². The number of amides is 1. The number of likely N-dealkylation sites (N-methyl/N-ethyl adjacent to an activating group) is 1. The fourth-order valence-corrected chi connectivity index (χ4v) is 1.30. The third kappa shape index (κ3) is 4.64. The summed E-state index contributed by atoms with van der Waals surface area (Å²) in [6, 6.07) is -0.417. The van der Waals surface area contributed by atoms with Gasteiger partial charge in [0.2, 0.25) is 0 Å². The molecule has 0 bridgehead atoms. The SMILES string of the molecule is CC[C@H](C)[C@@H](C=O)N(C)C(=O)OC(C)(C)C. The molecule has 4 nitrogen and oxygen atoms in total. The fourth-order valence-electron chi connectivity index (χ4n) is 1.30. The summed E-state index contributed by atoms with van der Waals surface area (Å²) >= 11 is 0. The Morgan fingerprint density at radius 2 is 1.94 bits per heavy atom. The summed E-state index contributed by atoms with van der Waals surface area (Å²) in [5.74, 6) is 0.134. The summed E-state index contributed by atoms with van der Waals surface area (Å²) in [5, 5.41) is 0. The number of carbonyl (C=O) groups excluding carboxylic acids is 2. The van der Waals surface area contributed by atoms with Crippen LogP contribution in [0.25, 0.3) is 0 Å². The van der Waals surface area contributed by atoms with Crippen molar-refractivity contribution in [3.8, 4) is 0 Å². The van der Waals surface area contributed by atoms with Gasteiger partial charge in [-0.1, -0.05) is 20.3 Å². The van der Waals surface area contributed by atoms with Gasteiger partial charge in [0, 0.05) is 7.05 Å². The lowest BCUT2D eigenvalue weighted by atomic mass is 10.00. The molecule has 1 amide bonds. The Kier molecular flexibility index (Phi) is 5.48. The zero-order valence-corrected chi connectivity index (χ0v) is 11.1. The highest BCUT2D eigenvalue weighted by Gasteiger charge is 2.27. The fraction of sp³-hybridized carbons (Fsp3) is 0.833. The maximum atomic E-state index is 11.7. The van der Waals surface area contributed by atoms with Crippen LogP contribution in [0.5, 0.6) is 0 Å². The first-order chi connectivity index (χ1) is 7.22. The normalized spacial score (nSPS) is 15.1. The van der Waals surface area contributed by atoms with Crippen LogP contribution in [0.2, 0.25) is 0 Å². The molecule has 0 radical (unpaired) electrons. The summed E-state index contributed by atoms with van der Waals surface area (Å²) in [5.41, 5.74) is -0.534. The number of carbonyl (C=O) groups is 2. The molecule has 0 saturated heterocycles. The zero-order chi connectivity index (χ0) is 12.9. The first kappa shape index (κ1) is 14.9. The van der Waals surface area contributed by atoms with E-state index in [1.807, 2.05) is 13.8 Å². The van der Waals surface area contributed by atoms with Crippen molar-refractivity contribution in [1.29, 1.82) is 0 Å². The van der Waals surface area contributed by atoms with Crippen molar-refractivity contribution < 1.29 is 14.3 Å². The summed E-state index contributed by atoms with van der Waals surface area (Å²) in [4.78, 5) is 24.1. The van der Waals surface area contributed by atoms with Gasteiger partial charge in [0.15, 0.2) is 0 Å². The highest BCUT2D eigenvalue weighted by molar-refractivity contribution is 5.73. The lowest BCUT2D eigenvalue weighted by molar-refractivity contribution is -0.113. The Bertz CT molecular complexity index is 245. The molecule has 0 unspecified atom stereocenters. The number of ether oxygens (including phenoxy) is 1. The van der Waals surface area contributed by atoms with Crippen molar-refractivity contribution in [2.45, 2.75) is 52.7 Å². The third-order valence-electron chi connectivity index (χ3n) is 2.50.